The number of hydrogen-bond acceptors (Lipinski definition) is 5. The van der Waals surface area contributed by atoms with Gasteiger partial charge in [0.25, 0.3) is 5.52 Å². The van der Waals surface area contributed by atoms with Gasteiger partial charge in [-0.2, -0.15) is 0 Å². The van der Waals surface area contributed by atoms with Gasteiger partial charge >= 0.3 is 5.95 Å². The van der Waals surface area contributed by atoms with Crippen molar-refractivity contribution in [3.63, 3.8) is 0 Å². The Bertz CT molecular complexity index is 1060. The van der Waals surface area contributed by atoms with Crippen molar-refractivity contribution in [1.29, 1.82) is 0 Å². The normalized spacial score (nSPS) is 11.1. The summed E-state index contributed by atoms with van der Waals surface area (Å²) in [5, 5.41) is 29.3. The van der Waals surface area contributed by atoms with Crippen molar-refractivity contribution >= 4 is 27.8 Å². The van der Waals surface area contributed by atoms with E-state index in [9.17, 15) is 10.4 Å². The molecular formula is C16H11N5O2. The third-order valence-electron chi connectivity index (χ3n) is 3.75. The Morgan fingerprint density at radius 3 is 2.65 bits per heavy atom. The first-order valence-electron chi connectivity index (χ1n) is 6.92. The highest BCUT2D eigenvalue weighted by atomic mass is 16.5. The van der Waals surface area contributed by atoms with Crippen LogP contribution < -0.4 is 15.3 Å². The molecule has 0 spiro atoms. The van der Waals surface area contributed by atoms with Gasteiger partial charge in [-0.15, -0.1) is 0 Å². The minimum absolute atomic E-state index is 0.140. The molecule has 112 valence electrons. The monoisotopic (exact) mass is 305 g/mol. The van der Waals surface area contributed by atoms with Gasteiger partial charge in [-0.05, 0) is 23.6 Å². The Morgan fingerprint density at radius 2 is 1.78 bits per heavy atom. The van der Waals surface area contributed by atoms with E-state index in [4.69, 9.17) is 5.73 Å². The lowest BCUT2D eigenvalue weighted by atomic mass is 10.0. The van der Waals surface area contributed by atoms with Gasteiger partial charge in [0.2, 0.25) is 5.10 Å². The molecule has 0 bridgehead atoms. The van der Waals surface area contributed by atoms with Crippen molar-refractivity contribution in [1.82, 2.24) is 10.1 Å². The highest BCUT2D eigenvalue weighted by Crippen LogP contribution is 2.27. The molecule has 4 rings (SSSR count). The molecular weight excluding hydrogens is 294 g/mol. The molecule has 4 aromatic rings. The third-order valence-corrected chi connectivity index (χ3v) is 3.75. The molecule has 0 saturated carbocycles. The van der Waals surface area contributed by atoms with E-state index in [1.165, 1.54) is 0 Å². The van der Waals surface area contributed by atoms with Gasteiger partial charge in [0.15, 0.2) is 5.52 Å². The number of nitrogen functional groups attached to an aromatic ring is 1. The maximum absolute atomic E-state index is 12.0. The van der Waals surface area contributed by atoms with Crippen molar-refractivity contribution in [3.05, 3.63) is 65.1 Å². The molecule has 2 aromatic carbocycles. The van der Waals surface area contributed by atoms with Crippen molar-refractivity contribution < 1.29 is 9.58 Å². The Hall–Kier alpha value is -3.48. The lowest BCUT2D eigenvalue weighted by Gasteiger charge is -2.09. The standard InChI is InChI=1S/C16H11N5O2/c17-16-19-21(23)14-9-11(5-6-13(14)20(16)22)15-12-4-2-1-3-10(12)7-8-18-15/h1-9H,(H2,17,19). The van der Waals surface area contributed by atoms with E-state index in [-0.39, 0.29) is 17.0 Å². The van der Waals surface area contributed by atoms with Crippen LogP contribution in [0.2, 0.25) is 0 Å². The Balaban J connectivity index is 2.03. The summed E-state index contributed by atoms with van der Waals surface area (Å²) in [5.41, 5.74) is 7.18. The maximum Gasteiger partial charge on any atom is 0.458 e. The van der Waals surface area contributed by atoms with Gasteiger partial charge in [-0.25, -0.2) is 4.73 Å². The minimum atomic E-state index is -0.386. The zero-order valence-corrected chi connectivity index (χ0v) is 11.9. The van der Waals surface area contributed by atoms with Crippen LogP contribution >= 0.6 is 0 Å². The average molecular weight is 305 g/mol. The number of nitrogens with zero attached hydrogens (tertiary/aromatic N) is 4. The van der Waals surface area contributed by atoms with Crippen molar-refractivity contribution in [2.75, 3.05) is 5.73 Å². The molecule has 0 amide bonds. The quantitative estimate of drug-likeness (QED) is 0.421. The van der Waals surface area contributed by atoms with E-state index in [0.29, 0.717) is 9.58 Å². The van der Waals surface area contributed by atoms with E-state index < -0.39 is 0 Å². The molecule has 0 aliphatic carbocycles. The summed E-state index contributed by atoms with van der Waals surface area (Å²) >= 11 is 0. The van der Waals surface area contributed by atoms with E-state index in [2.05, 4.69) is 10.1 Å². The van der Waals surface area contributed by atoms with Crippen molar-refractivity contribution in [2.24, 2.45) is 0 Å². The molecule has 0 unspecified atom stereocenters. The first-order valence-corrected chi connectivity index (χ1v) is 6.92. The first kappa shape index (κ1) is 13.2. The van der Waals surface area contributed by atoms with Gasteiger partial charge in [-0.3, -0.25) is 10.7 Å². The van der Waals surface area contributed by atoms with Gasteiger partial charge in [-0.1, -0.05) is 24.3 Å². The molecule has 0 aliphatic rings. The molecule has 2 aromatic heterocycles. The van der Waals surface area contributed by atoms with Gasteiger partial charge in [0, 0.05) is 28.1 Å². The van der Waals surface area contributed by atoms with Gasteiger partial charge in [0.1, 0.15) is 0 Å². The second-order valence-electron chi connectivity index (χ2n) is 5.11. The molecule has 7 nitrogen and oxygen atoms in total. The molecule has 23 heavy (non-hydrogen) atoms. The summed E-state index contributed by atoms with van der Waals surface area (Å²) in [7, 11) is 0. The summed E-state index contributed by atoms with van der Waals surface area (Å²) in [4.78, 5) is 4.77. The highest BCUT2D eigenvalue weighted by Gasteiger charge is 2.18. The molecule has 0 fully saturated rings. The fourth-order valence-corrected chi connectivity index (χ4v) is 2.66. The fourth-order valence-electron chi connectivity index (χ4n) is 2.66. The van der Waals surface area contributed by atoms with Gasteiger partial charge in [0.05, 0.1) is 5.69 Å². The van der Waals surface area contributed by atoms with E-state index in [1.807, 2.05) is 30.3 Å². The zero-order chi connectivity index (χ0) is 16.0. The van der Waals surface area contributed by atoms with Crippen LogP contribution in [0.5, 0.6) is 0 Å². The number of fused-ring (bicyclic) bond motifs is 2. The molecule has 0 aliphatic heterocycles. The lowest BCUT2D eigenvalue weighted by molar-refractivity contribution is -0.671. The van der Waals surface area contributed by atoms with Crippen LogP contribution in [0.4, 0.5) is 5.95 Å². The lowest BCUT2D eigenvalue weighted by Crippen LogP contribution is -2.44. The predicted octanol–water partition coefficient (Wildman–Crippen LogP) is 1.30. The molecule has 0 radical (unpaired) electrons. The highest BCUT2D eigenvalue weighted by molar-refractivity contribution is 5.95. The van der Waals surface area contributed by atoms with Crippen LogP contribution in [0.25, 0.3) is 33.1 Å². The smallest absolute Gasteiger partial charge is 0.458 e. The first-order chi connectivity index (χ1) is 11.1. The number of anilines is 1. The predicted molar refractivity (Wildman–Crippen MR) is 84.8 cm³/mol. The van der Waals surface area contributed by atoms with Crippen molar-refractivity contribution in [2.45, 2.75) is 0 Å². The SMILES string of the molecule is Nc1n[n+]([O-])c2cc(-c3nccc4ccccc34)ccc2[n+]1[O-]. The van der Waals surface area contributed by atoms with E-state index in [0.717, 1.165) is 22.0 Å². The van der Waals surface area contributed by atoms with Crippen LogP contribution in [-0.4, -0.2) is 10.1 Å². The summed E-state index contributed by atoms with van der Waals surface area (Å²) in [6, 6.07) is 14.6. The number of hydrogen-bond donors (Lipinski definition) is 1. The number of rotatable bonds is 1. The van der Waals surface area contributed by atoms with Crippen LogP contribution in [0, 0.1) is 10.4 Å². The van der Waals surface area contributed by atoms with Crippen LogP contribution in [-0.2, 0) is 0 Å². The molecule has 7 heteroatoms. The van der Waals surface area contributed by atoms with E-state index in [1.54, 1.807) is 24.4 Å². The number of pyridine rings is 1. The second-order valence-corrected chi connectivity index (χ2v) is 5.11. The summed E-state index contributed by atoms with van der Waals surface area (Å²) in [6.45, 7) is 0. The Kier molecular flexibility index (Phi) is 2.74. The minimum Gasteiger partial charge on any atom is -0.739 e. The molecule has 0 saturated heterocycles. The average Bonchev–Trinajstić information content (AvgIpc) is 2.59. The van der Waals surface area contributed by atoms with Crippen LogP contribution in [0.15, 0.2) is 54.7 Å². The second kappa shape index (κ2) is 4.77. The van der Waals surface area contributed by atoms with E-state index >= 15 is 0 Å². The molecule has 0 atom stereocenters. The van der Waals surface area contributed by atoms with Crippen molar-refractivity contribution in [3.8, 4) is 11.3 Å². The van der Waals surface area contributed by atoms with Crippen LogP contribution in [0.3, 0.4) is 0 Å². The maximum atomic E-state index is 12.0. The van der Waals surface area contributed by atoms with Crippen LogP contribution in [0.1, 0.15) is 0 Å². The van der Waals surface area contributed by atoms with Gasteiger partial charge < -0.3 is 10.4 Å². The number of benzene rings is 2. The molecule has 2 heterocycles. The number of aromatic nitrogens is 4. The summed E-state index contributed by atoms with van der Waals surface area (Å²) in [5.74, 6) is -0.386. The largest absolute Gasteiger partial charge is 0.739 e. The Morgan fingerprint density at radius 1 is 0.957 bits per heavy atom. The Labute approximate surface area is 130 Å². The third kappa shape index (κ3) is 1.98. The number of nitrogens with two attached hydrogens (primary N) is 1. The molecule has 2 N–H and O–H groups in total. The topological polar surface area (TPSA) is 106 Å². The summed E-state index contributed by atoms with van der Waals surface area (Å²) in [6.07, 6.45) is 1.71. The zero-order valence-electron chi connectivity index (χ0n) is 11.9. The fraction of sp³-hybridized carbons (Fsp3) is 0. The summed E-state index contributed by atoms with van der Waals surface area (Å²) < 4.78 is 0.435.